The number of hydrogen-bond acceptors (Lipinski definition) is 3. The summed E-state index contributed by atoms with van der Waals surface area (Å²) in [4.78, 5) is 4.07. The normalized spacial score (nSPS) is 12.9. The molecular weight excluding hydrogens is 176 g/mol. The minimum Gasteiger partial charge on any atom is -0.397 e. The highest BCUT2D eigenvalue weighted by atomic mass is 35.5. The lowest BCUT2D eigenvalue weighted by Gasteiger charge is -2.10. The largest absolute Gasteiger partial charge is 0.397 e. The highest BCUT2D eigenvalue weighted by Crippen LogP contribution is 2.23. The smallest absolute Gasteiger partial charge is 0.0977 e. The van der Waals surface area contributed by atoms with Crippen molar-refractivity contribution in [2.24, 2.45) is 0 Å². The topological polar surface area (TPSA) is 48.1 Å². The van der Waals surface area contributed by atoms with Crippen LogP contribution in [0.1, 0.15) is 18.7 Å². The minimum atomic E-state index is -0.0990. The van der Waals surface area contributed by atoms with Gasteiger partial charge < -0.3 is 10.5 Å². The molecule has 0 aliphatic rings. The van der Waals surface area contributed by atoms with Gasteiger partial charge in [-0.15, -0.1) is 0 Å². The van der Waals surface area contributed by atoms with E-state index in [1.54, 1.807) is 19.4 Å². The number of hydrogen-bond donors (Lipinski definition) is 1. The van der Waals surface area contributed by atoms with Crippen LogP contribution in [0, 0.1) is 0 Å². The fraction of sp³-hybridized carbons (Fsp3) is 0.375. The van der Waals surface area contributed by atoms with Gasteiger partial charge in [0.2, 0.25) is 0 Å². The molecule has 1 unspecified atom stereocenters. The van der Waals surface area contributed by atoms with E-state index in [1.165, 1.54) is 0 Å². The van der Waals surface area contributed by atoms with Crippen LogP contribution >= 0.6 is 11.6 Å². The third-order valence-electron chi connectivity index (χ3n) is 1.63. The SMILES string of the molecule is COC(C)c1ncc(N)cc1Cl. The van der Waals surface area contributed by atoms with Gasteiger partial charge >= 0.3 is 0 Å². The first kappa shape index (κ1) is 9.29. The quantitative estimate of drug-likeness (QED) is 0.769. The molecule has 2 N–H and O–H groups in total. The van der Waals surface area contributed by atoms with Gasteiger partial charge in [0.1, 0.15) is 0 Å². The number of aromatic nitrogens is 1. The highest BCUT2D eigenvalue weighted by Gasteiger charge is 2.09. The van der Waals surface area contributed by atoms with Crippen molar-refractivity contribution in [3.8, 4) is 0 Å². The summed E-state index contributed by atoms with van der Waals surface area (Å²) in [5.74, 6) is 0. The highest BCUT2D eigenvalue weighted by molar-refractivity contribution is 6.31. The Morgan fingerprint density at radius 1 is 1.67 bits per heavy atom. The summed E-state index contributed by atoms with van der Waals surface area (Å²) in [6, 6.07) is 1.67. The molecule has 1 rings (SSSR count). The van der Waals surface area contributed by atoms with Gasteiger partial charge in [0.25, 0.3) is 0 Å². The van der Waals surface area contributed by atoms with E-state index in [2.05, 4.69) is 4.98 Å². The summed E-state index contributed by atoms with van der Waals surface area (Å²) < 4.78 is 5.07. The van der Waals surface area contributed by atoms with Crippen molar-refractivity contribution >= 4 is 17.3 Å². The van der Waals surface area contributed by atoms with Crippen LogP contribution in [0.25, 0.3) is 0 Å². The first-order chi connectivity index (χ1) is 5.65. The molecule has 1 heterocycles. The van der Waals surface area contributed by atoms with Crippen LogP contribution in [-0.4, -0.2) is 12.1 Å². The number of nitrogens with two attached hydrogens (primary N) is 1. The second kappa shape index (κ2) is 3.74. The van der Waals surface area contributed by atoms with E-state index in [0.29, 0.717) is 16.4 Å². The lowest BCUT2D eigenvalue weighted by Crippen LogP contribution is -2.01. The summed E-state index contributed by atoms with van der Waals surface area (Å²) >= 11 is 5.88. The fourth-order valence-corrected chi connectivity index (χ4v) is 1.20. The number of ether oxygens (including phenoxy) is 1. The molecule has 0 radical (unpaired) electrons. The van der Waals surface area contributed by atoms with E-state index in [9.17, 15) is 0 Å². The Balaban J connectivity index is 3.01. The van der Waals surface area contributed by atoms with Crippen molar-refractivity contribution in [2.75, 3.05) is 12.8 Å². The van der Waals surface area contributed by atoms with E-state index in [4.69, 9.17) is 22.1 Å². The van der Waals surface area contributed by atoms with Gasteiger partial charge in [-0.25, -0.2) is 0 Å². The minimum absolute atomic E-state index is 0.0990. The average molecular weight is 187 g/mol. The Hall–Kier alpha value is -0.800. The Morgan fingerprint density at radius 3 is 2.83 bits per heavy atom. The molecule has 0 saturated carbocycles. The van der Waals surface area contributed by atoms with E-state index in [1.807, 2.05) is 6.92 Å². The summed E-state index contributed by atoms with van der Waals surface area (Å²) in [6.07, 6.45) is 1.47. The number of methoxy groups -OCH3 is 1. The van der Waals surface area contributed by atoms with E-state index in [-0.39, 0.29) is 6.10 Å². The van der Waals surface area contributed by atoms with Gasteiger partial charge in [-0.3, -0.25) is 4.98 Å². The van der Waals surface area contributed by atoms with Crippen LogP contribution in [0.2, 0.25) is 5.02 Å². The molecule has 66 valence electrons. The molecule has 1 aromatic rings. The Labute approximate surface area is 76.5 Å². The predicted octanol–water partition coefficient (Wildman–Crippen LogP) is 2.02. The monoisotopic (exact) mass is 186 g/mol. The van der Waals surface area contributed by atoms with Crippen molar-refractivity contribution < 1.29 is 4.74 Å². The maximum absolute atomic E-state index is 5.88. The molecule has 0 bridgehead atoms. The molecular formula is C8H11ClN2O. The second-order valence-electron chi connectivity index (χ2n) is 2.51. The Morgan fingerprint density at radius 2 is 2.33 bits per heavy atom. The molecule has 0 saturated heterocycles. The summed E-state index contributed by atoms with van der Waals surface area (Å²) in [5, 5.41) is 0.546. The van der Waals surface area contributed by atoms with Crippen molar-refractivity contribution in [1.82, 2.24) is 4.98 Å². The lowest BCUT2D eigenvalue weighted by molar-refractivity contribution is 0.116. The van der Waals surface area contributed by atoms with Crippen LogP contribution < -0.4 is 5.73 Å². The average Bonchev–Trinajstić information content (AvgIpc) is 2.03. The zero-order valence-corrected chi connectivity index (χ0v) is 7.80. The van der Waals surface area contributed by atoms with Gasteiger partial charge in [-0.1, -0.05) is 11.6 Å². The van der Waals surface area contributed by atoms with Crippen LogP contribution in [0.3, 0.4) is 0 Å². The van der Waals surface area contributed by atoms with Gasteiger partial charge in [-0.2, -0.15) is 0 Å². The Kier molecular flexibility index (Phi) is 2.89. The molecule has 12 heavy (non-hydrogen) atoms. The van der Waals surface area contributed by atoms with Crippen LogP contribution in [0.5, 0.6) is 0 Å². The van der Waals surface area contributed by atoms with E-state index >= 15 is 0 Å². The first-order valence-electron chi connectivity index (χ1n) is 3.59. The third kappa shape index (κ3) is 1.87. The summed E-state index contributed by atoms with van der Waals surface area (Å²) in [5.41, 5.74) is 6.76. The maximum atomic E-state index is 5.88. The van der Waals surface area contributed by atoms with E-state index < -0.39 is 0 Å². The van der Waals surface area contributed by atoms with Crippen molar-refractivity contribution in [1.29, 1.82) is 0 Å². The number of nitrogens with zero attached hydrogens (tertiary/aromatic N) is 1. The number of nitrogen functional groups attached to an aromatic ring is 1. The van der Waals surface area contributed by atoms with Gasteiger partial charge in [0.05, 0.1) is 28.7 Å². The van der Waals surface area contributed by atoms with Crippen molar-refractivity contribution in [3.63, 3.8) is 0 Å². The van der Waals surface area contributed by atoms with Crippen molar-refractivity contribution in [3.05, 3.63) is 23.0 Å². The first-order valence-corrected chi connectivity index (χ1v) is 3.96. The second-order valence-corrected chi connectivity index (χ2v) is 2.92. The fourth-order valence-electron chi connectivity index (χ4n) is 0.874. The summed E-state index contributed by atoms with van der Waals surface area (Å²) in [6.45, 7) is 1.88. The molecule has 0 spiro atoms. The van der Waals surface area contributed by atoms with Gasteiger partial charge in [-0.05, 0) is 13.0 Å². The van der Waals surface area contributed by atoms with Crippen LogP contribution in [0.4, 0.5) is 5.69 Å². The zero-order valence-electron chi connectivity index (χ0n) is 7.04. The number of pyridine rings is 1. The van der Waals surface area contributed by atoms with Gasteiger partial charge in [0.15, 0.2) is 0 Å². The number of halogens is 1. The van der Waals surface area contributed by atoms with Gasteiger partial charge in [0, 0.05) is 7.11 Å². The molecule has 0 fully saturated rings. The zero-order chi connectivity index (χ0) is 9.14. The van der Waals surface area contributed by atoms with Crippen LogP contribution in [0.15, 0.2) is 12.3 Å². The molecule has 0 aliphatic heterocycles. The number of rotatable bonds is 2. The maximum Gasteiger partial charge on any atom is 0.0977 e. The third-order valence-corrected chi connectivity index (χ3v) is 1.93. The molecule has 1 aromatic heterocycles. The summed E-state index contributed by atoms with van der Waals surface area (Å²) in [7, 11) is 1.61. The molecule has 0 amide bonds. The molecule has 1 atom stereocenters. The molecule has 0 aliphatic carbocycles. The molecule has 3 nitrogen and oxygen atoms in total. The van der Waals surface area contributed by atoms with Crippen molar-refractivity contribution in [2.45, 2.75) is 13.0 Å². The Bertz CT molecular complexity index is 278. The van der Waals surface area contributed by atoms with Crippen LogP contribution in [-0.2, 0) is 4.74 Å². The number of anilines is 1. The standard InChI is InChI=1S/C8H11ClN2O/c1-5(12-2)8-7(9)3-6(10)4-11-8/h3-5H,10H2,1-2H3. The molecule has 0 aromatic carbocycles. The lowest BCUT2D eigenvalue weighted by atomic mass is 10.2. The predicted molar refractivity (Wildman–Crippen MR) is 49.1 cm³/mol. The molecule has 4 heteroatoms. The van der Waals surface area contributed by atoms with E-state index in [0.717, 1.165) is 0 Å².